The molecule has 0 unspecified atom stereocenters. The average Bonchev–Trinajstić information content (AvgIpc) is 2.81. The fourth-order valence-electron chi connectivity index (χ4n) is 4.37. The van der Waals surface area contributed by atoms with Gasteiger partial charge in [-0.1, -0.05) is 73.1 Å². The molecule has 1 aromatic heterocycles. The molecule has 4 rings (SSSR count). The van der Waals surface area contributed by atoms with Crippen LogP contribution in [0.3, 0.4) is 0 Å². The van der Waals surface area contributed by atoms with Crippen LogP contribution in [0.15, 0.2) is 77.6 Å². The zero-order valence-corrected chi connectivity index (χ0v) is 20.5. The number of carbonyl (C=O) groups is 1. The molecule has 0 spiro atoms. The van der Waals surface area contributed by atoms with Crippen LogP contribution in [0.2, 0.25) is 5.02 Å². The van der Waals surface area contributed by atoms with E-state index in [1.807, 2.05) is 92.9 Å². The van der Waals surface area contributed by atoms with Crippen molar-refractivity contribution in [3.63, 3.8) is 0 Å². The maximum absolute atomic E-state index is 13.8. The summed E-state index contributed by atoms with van der Waals surface area (Å²) in [6.07, 6.45) is 0.764. The summed E-state index contributed by atoms with van der Waals surface area (Å²) >= 11 is 6.59. The predicted octanol–water partition coefficient (Wildman–Crippen LogP) is 6.90. The Kier molecular flexibility index (Phi) is 6.71. The van der Waals surface area contributed by atoms with Gasteiger partial charge in [0.05, 0.1) is 16.4 Å². The van der Waals surface area contributed by atoms with Crippen molar-refractivity contribution in [3.05, 3.63) is 116 Å². The molecule has 0 aliphatic carbocycles. The Hall–Kier alpha value is -3.63. The number of halogens is 1. The van der Waals surface area contributed by atoms with Gasteiger partial charge < -0.3 is 9.88 Å². The molecular formula is C29H27ClN2O2. The Balaban J connectivity index is 2.03. The highest BCUT2D eigenvalue weighted by Gasteiger charge is 2.25. The number of benzene rings is 3. The van der Waals surface area contributed by atoms with E-state index in [-0.39, 0.29) is 11.0 Å². The molecule has 1 amide bonds. The molecule has 0 aliphatic rings. The van der Waals surface area contributed by atoms with Gasteiger partial charge in [-0.15, -0.1) is 0 Å². The Morgan fingerprint density at radius 3 is 2.29 bits per heavy atom. The Labute approximate surface area is 204 Å². The van der Waals surface area contributed by atoms with Crippen LogP contribution in [0.5, 0.6) is 0 Å². The number of pyridine rings is 1. The van der Waals surface area contributed by atoms with E-state index in [0.717, 1.165) is 34.4 Å². The summed E-state index contributed by atoms with van der Waals surface area (Å²) in [5.41, 5.74) is 6.15. The first-order valence-electron chi connectivity index (χ1n) is 11.3. The number of carbonyl (C=O) groups excluding carboxylic acids is 1. The van der Waals surface area contributed by atoms with Crippen molar-refractivity contribution in [2.75, 3.05) is 5.32 Å². The molecule has 0 aliphatic heterocycles. The van der Waals surface area contributed by atoms with E-state index in [4.69, 9.17) is 11.6 Å². The number of nitrogens with one attached hydrogen (secondary N) is 1. The molecular weight excluding hydrogens is 444 g/mol. The number of nitrogens with zero attached hydrogens (tertiary/aromatic N) is 1. The summed E-state index contributed by atoms with van der Waals surface area (Å²) in [6.45, 7) is 7.82. The standard InChI is InChI=1S/C29H27ClN2O2/c1-5-21-13-10-12-19(3)27(21)31-29(34)26-25(33)17-20(4)32(24-16-9-8-15-23(24)30)28(26)22-14-7-6-11-18(22)2/h6-17H,5H2,1-4H3,(H,31,34). The van der Waals surface area contributed by atoms with Crippen LogP contribution in [0, 0.1) is 20.8 Å². The molecule has 0 fully saturated rings. The molecule has 34 heavy (non-hydrogen) atoms. The molecule has 0 radical (unpaired) electrons. The van der Waals surface area contributed by atoms with E-state index in [9.17, 15) is 9.59 Å². The second kappa shape index (κ2) is 9.70. The molecule has 4 aromatic rings. The van der Waals surface area contributed by atoms with Crippen molar-refractivity contribution >= 4 is 23.2 Å². The molecule has 3 aromatic carbocycles. The summed E-state index contributed by atoms with van der Waals surface area (Å²) in [5.74, 6) is -0.437. The van der Waals surface area contributed by atoms with E-state index in [1.165, 1.54) is 6.07 Å². The third kappa shape index (κ3) is 4.29. The first kappa shape index (κ1) is 23.5. The van der Waals surface area contributed by atoms with Gasteiger partial charge in [-0.2, -0.15) is 0 Å². The van der Waals surface area contributed by atoms with Gasteiger partial charge in [0.2, 0.25) is 0 Å². The number of hydrogen-bond acceptors (Lipinski definition) is 2. The van der Waals surface area contributed by atoms with Crippen LogP contribution >= 0.6 is 11.6 Å². The molecule has 172 valence electrons. The number of aromatic nitrogens is 1. The first-order chi connectivity index (χ1) is 16.3. The summed E-state index contributed by atoms with van der Waals surface area (Å²) < 4.78 is 1.90. The van der Waals surface area contributed by atoms with Gasteiger partial charge in [-0.3, -0.25) is 9.59 Å². The lowest BCUT2D eigenvalue weighted by Crippen LogP contribution is -2.27. The number of hydrogen-bond donors (Lipinski definition) is 1. The van der Waals surface area contributed by atoms with Gasteiger partial charge in [0.25, 0.3) is 5.91 Å². The molecule has 0 atom stereocenters. The van der Waals surface area contributed by atoms with Crippen LogP contribution in [0.1, 0.15) is 39.7 Å². The van der Waals surface area contributed by atoms with E-state index in [0.29, 0.717) is 22.1 Å². The number of aryl methyl sites for hydroxylation is 4. The second-order valence-electron chi connectivity index (χ2n) is 8.39. The number of amides is 1. The van der Waals surface area contributed by atoms with E-state index in [2.05, 4.69) is 5.32 Å². The lowest BCUT2D eigenvalue weighted by molar-refractivity contribution is 0.102. The van der Waals surface area contributed by atoms with Gasteiger partial charge in [0, 0.05) is 23.0 Å². The minimum Gasteiger partial charge on any atom is -0.321 e. The lowest BCUT2D eigenvalue weighted by Gasteiger charge is -2.23. The SMILES string of the molecule is CCc1cccc(C)c1NC(=O)c1c(-c2ccccc2C)n(-c2ccccc2Cl)c(C)cc1=O. The normalized spacial score (nSPS) is 10.9. The first-order valence-corrected chi connectivity index (χ1v) is 11.7. The fraction of sp³-hybridized carbons (Fsp3) is 0.172. The topological polar surface area (TPSA) is 51.1 Å². The summed E-state index contributed by atoms with van der Waals surface area (Å²) in [6, 6.07) is 22.6. The molecule has 4 nitrogen and oxygen atoms in total. The van der Waals surface area contributed by atoms with Gasteiger partial charge in [-0.05, 0) is 56.0 Å². The summed E-state index contributed by atoms with van der Waals surface area (Å²) in [7, 11) is 0. The van der Waals surface area contributed by atoms with Crippen molar-refractivity contribution in [2.45, 2.75) is 34.1 Å². The highest BCUT2D eigenvalue weighted by molar-refractivity contribution is 6.32. The minimum atomic E-state index is -0.437. The monoisotopic (exact) mass is 470 g/mol. The summed E-state index contributed by atoms with van der Waals surface area (Å²) in [4.78, 5) is 27.2. The van der Waals surface area contributed by atoms with Gasteiger partial charge in [0.15, 0.2) is 5.43 Å². The Morgan fingerprint density at radius 2 is 1.59 bits per heavy atom. The van der Waals surface area contributed by atoms with E-state index < -0.39 is 5.91 Å². The molecule has 1 N–H and O–H groups in total. The van der Waals surface area contributed by atoms with Crippen LogP contribution in [-0.4, -0.2) is 10.5 Å². The van der Waals surface area contributed by atoms with Crippen LogP contribution in [-0.2, 0) is 6.42 Å². The number of anilines is 1. The van der Waals surface area contributed by atoms with Gasteiger partial charge >= 0.3 is 0 Å². The third-order valence-corrected chi connectivity index (χ3v) is 6.42. The number of rotatable bonds is 5. The van der Waals surface area contributed by atoms with E-state index in [1.54, 1.807) is 6.07 Å². The maximum atomic E-state index is 13.8. The quantitative estimate of drug-likeness (QED) is 0.345. The van der Waals surface area contributed by atoms with Gasteiger partial charge in [0.1, 0.15) is 5.56 Å². The molecule has 0 saturated heterocycles. The van der Waals surface area contributed by atoms with Crippen molar-refractivity contribution < 1.29 is 4.79 Å². The molecule has 5 heteroatoms. The van der Waals surface area contributed by atoms with Crippen LogP contribution < -0.4 is 10.7 Å². The second-order valence-corrected chi connectivity index (χ2v) is 8.80. The van der Waals surface area contributed by atoms with Crippen molar-refractivity contribution in [1.29, 1.82) is 0 Å². The Morgan fingerprint density at radius 1 is 0.912 bits per heavy atom. The molecule has 0 saturated carbocycles. The van der Waals surface area contributed by atoms with Crippen molar-refractivity contribution in [3.8, 4) is 16.9 Å². The minimum absolute atomic E-state index is 0.0881. The molecule has 0 bridgehead atoms. The zero-order valence-electron chi connectivity index (χ0n) is 19.8. The van der Waals surface area contributed by atoms with Crippen molar-refractivity contribution in [2.24, 2.45) is 0 Å². The van der Waals surface area contributed by atoms with Crippen molar-refractivity contribution in [1.82, 2.24) is 4.57 Å². The lowest BCUT2D eigenvalue weighted by atomic mass is 9.98. The Bertz CT molecular complexity index is 1450. The average molecular weight is 471 g/mol. The van der Waals surface area contributed by atoms with Gasteiger partial charge in [-0.25, -0.2) is 0 Å². The zero-order chi connectivity index (χ0) is 24.4. The smallest absolute Gasteiger partial charge is 0.261 e. The summed E-state index contributed by atoms with van der Waals surface area (Å²) in [5, 5.41) is 3.57. The van der Waals surface area contributed by atoms with E-state index >= 15 is 0 Å². The fourth-order valence-corrected chi connectivity index (χ4v) is 4.59. The van der Waals surface area contributed by atoms with Crippen LogP contribution in [0.4, 0.5) is 5.69 Å². The molecule has 1 heterocycles. The predicted molar refractivity (Wildman–Crippen MR) is 140 cm³/mol. The van der Waals surface area contributed by atoms with Crippen LogP contribution in [0.25, 0.3) is 16.9 Å². The number of para-hydroxylation sites is 2. The largest absolute Gasteiger partial charge is 0.321 e. The highest BCUT2D eigenvalue weighted by Crippen LogP contribution is 2.33. The third-order valence-electron chi connectivity index (χ3n) is 6.10. The highest BCUT2D eigenvalue weighted by atomic mass is 35.5. The maximum Gasteiger partial charge on any atom is 0.261 e.